The summed E-state index contributed by atoms with van der Waals surface area (Å²) >= 11 is 1.60. The number of nitrogens with one attached hydrogen (secondary N) is 2. The Morgan fingerprint density at radius 3 is 2.74 bits per heavy atom. The number of aromatic amines is 1. The molecule has 23 heavy (non-hydrogen) atoms. The molecule has 0 aliphatic heterocycles. The van der Waals surface area contributed by atoms with Gasteiger partial charge in [-0.05, 0) is 30.0 Å². The molecule has 0 radical (unpaired) electrons. The van der Waals surface area contributed by atoms with Crippen LogP contribution < -0.4 is 15.7 Å². The Kier molecular flexibility index (Phi) is 4.38. The zero-order valence-corrected chi connectivity index (χ0v) is 13.2. The van der Waals surface area contributed by atoms with Crippen molar-refractivity contribution in [1.29, 1.82) is 0 Å². The maximum absolute atomic E-state index is 12.1. The second-order valence-corrected chi connectivity index (χ2v) is 5.65. The van der Waals surface area contributed by atoms with E-state index >= 15 is 0 Å². The number of carbonyl (C=O) groups is 1. The third-order valence-corrected chi connectivity index (χ3v) is 4.19. The molecule has 0 saturated carbocycles. The van der Waals surface area contributed by atoms with Crippen LogP contribution in [0.2, 0.25) is 0 Å². The van der Waals surface area contributed by atoms with Crippen LogP contribution in [0.15, 0.2) is 58.2 Å². The number of hydrogen-bond donors (Lipinski definition) is 2. The summed E-state index contributed by atoms with van der Waals surface area (Å²) in [5.41, 5.74) is 1.19. The number of fused-ring (bicyclic) bond motifs is 1. The average molecular weight is 329 g/mol. The largest absolute Gasteiger partial charge is 0.433 e. The molecule has 0 spiro atoms. The van der Waals surface area contributed by atoms with Gasteiger partial charge in [0.05, 0.1) is 10.9 Å². The molecule has 7 heteroatoms. The van der Waals surface area contributed by atoms with Gasteiger partial charge in [0.15, 0.2) is 0 Å². The second-order valence-electron chi connectivity index (χ2n) is 4.80. The third-order valence-electron chi connectivity index (χ3n) is 3.35. The summed E-state index contributed by atoms with van der Waals surface area (Å²) in [7, 11) is 0. The maximum atomic E-state index is 12.1. The van der Waals surface area contributed by atoms with Crippen molar-refractivity contribution in [2.24, 2.45) is 0 Å². The van der Waals surface area contributed by atoms with Crippen molar-refractivity contribution >= 4 is 28.8 Å². The minimum atomic E-state index is -0.699. The summed E-state index contributed by atoms with van der Waals surface area (Å²) in [5, 5.41) is 5.84. The first-order chi connectivity index (χ1) is 11.2. The molecule has 118 valence electrons. The summed E-state index contributed by atoms with van der Waals surface area (Å²) in [6.07, 6.45) is 1.27. The van der Waals surface area contributed by atoms with Gasteiger partial charge in [-0.1, -0.05) is 35.2 Å². The molecule has 2 N–H and O–H groups in total. The summed E-state index contributed by atoms with van der Waals surface area (Å²) in [5.74, 6) is 0. The summed E-state index contributed by atoms with van der Waals surface area (Å²) in [6.45, 7) is 0.324. The lowest BCUT2D eigenvalue weighted by Crippen LogP contribution is -2.36. The predicted octanol–water partition coefficient (Wildman–Crippen LogP) is 2.39. The Bertz CT molecular complexity index is 901. The highest BCUT2D eigenvalue weighted by atomic mass is 32.2. The van der Waals surface area contributed by atoms with E-state index in [9.17, 15) is 9.59 Å². The molecule has 3 aromatic rings. The van der Waals surface area contributed by atoms with E-state index < -0.39 is 11.7 Å². The highest BCUT2D eigenvalue weighted by Gasteiger charge is 2.11. The fraction of sp³-hybridized carbons (Fsp3) is 0.125. The van der Waals surface area contributed by atoms with Gasteiger partial charge in [-0.25, -0.2) is 4.79 Å². The van der Waals surface area contributed by atoms with E-state index in [1.807, 2.05) is 30.5 Å². The number of nitrogens with zero attached hydrogens (tertiary/aromatic N) is 1. The number of para-hydroxylation sites is 1. The van der Waals surface area contributed by atoms with Crippen LogP contribution in [-0.4, -0.2) is 22.3 Å². The number of hydrogen-bond acceptors (Lipinski definition) is 4. The Balaban J connectivity index is 1.69. The molecule has 0 aliphatic carbocycles. The van der Waals surface area contributed by atoms with E-state index in [4.69, 9.17) is 4.84 Å². The number of amides is 1. The number of rotatable bonds is 4. The molecule has 0 saturated heterocycles. The van der Waals surface area contributed by atoms with E-state index in [0.29, 0.717) is 17.4 Å². The van der Waals surface area contributed by atoms with Crippen molar-refractivity contribution in [2.45, 2.75) is 11.4 Å². The summed E-state index contributed by atoms with van der Waals surface area (Å²) in [4.78, 5) is 30.9. The van der Waals surface area contributed by atoms with Gasteiger partial charge < -0.3 is 5.32 Å². The molecule has 1 aromatic heterocycles. The van der Waals surface area contributed by atoms with E-state index in [2.05, 4.69) is 10.4 Å². The summed E-state index contributed by atoms with van der Waals surface area (Å²) < 4.78 is 0. The Labute approximate surface area is 136 Å². The highest BCUT2D eigenvalue weighted by Crippen LogP contribution is 2.19. The third kappa shape index (κ3) is 3.24. The monoisotopic (exact) mass is 329 g/mol. The van der Waals surface area contributed by atoms with E-state index in [1.54, 1.807) is 36.0 Å². The molecule has 0 aliphatic rings. The zero-order chi connectivity index (χ0) is 16.2. The first-order valence-corrected chi connectivity index (χ1v) is 8.19. The number of aromatic nitrogens is 2. The first kappa shape index (κ1) is 15.2. The number of benzene rings is 2. The smallest absolute Gasteiger partial charge is 0.315 e. The lowest BCUT2D eigenvalue weighted by atomic mass is 10.2. The van der Waals surface area contributed by atoms with Crippen molar-refractivity contribution in [3.8, 4) is 0 Å². The fourth-order valence-corrected chi connectivity index (χ4v) is 2.85. The molecule has 3 rings (SSSR count). The van der Waals surface area contributed by atoms with Crippen LogP contribution in [0.1, 0.15) is 5.56 Å². The Morgan fingerprint density at radius 2 is 1.96 bits per heavy atom. The van der Waals surface area contributed by atoms with Crippen LogP contribution in [0.4, 0.5) is 4.79 Å². The zero-order valence-electron chi connectivity index (χ0n) is 12.4. The SMILES string of the molecule is CSc1ccccc1CNC(=O)On1[nH]c2ccccc2c1=O. The van der Waals surface area contributed by atoms with Gasteiger partial charge in [0, 0.05) is 11.4 Å². The molecule has 1 heterocycles. The van der Waals surface area contributed by atoms with Gasteiger partial charge in [0.1, 0.15) is 0 Å². The van der Waals surface area contributed by atoms with Crippen LogP contribution in [-0.2, 0) is 6.54 Å². The van der Waals surface area contributed by atoms with Crippen LogP contribution in [0.5, 0.6) is 0 Å². The molecule has 0 bridgehead atoms. The predicted molar refractivity (Wildman–Crippen MR) is 89.6 cm³/mol. The van der Waals surface area contributed by atoms with Gasteiger partial charge in [-0.2, -0.15) is 0 Å². The minimum Gasteiger partial charge on any atom is -0.315 e. The molecule has 1 amide bonds. The molecule has 0 atom stereocenters. The van der Waals surface area contributed by atoms with Crippen LogP contribution in [0.25, 0.3) is 10.9 Å². The maximum Gasteiger partial charge on any atom is 0.433 e. The lowest BCUT2D eigenvalue weighted by molar-refractivity contribution is 0.112. The highest BCUT2D eigenvalue weighted by molar-refractivity contribution is 7.98. The molecule has 2 aromatic carbocycles. The van der Waals surface area contributed by atoms with Crippen molar-refractivity contribution in [1.82, 2.24) is 15.3 Å². The van der Waals surface area contributed by atoms with Crippen molar-refractivity contribution in [3.05, 3.63) is 64.4 Å². The molecule has 0 fully saturated rings. The van der Waals surface area contributed by atoms with Crippen molar-refractivity contribution in [2.75, 3.05) is 6.26 Å². The average Bonchev–Trinajstić information content (AvgIpc) is 2.89. The van der Waals surface area contributed by atoms with Crippen molar-refractivity contribution < 1.29 is 9.63 Å². The van der Waals surface area contributed by atoms with Crippen LogP contribution >= 0.6 is 11.8 Å². The fourth-order valence-electron chi connectivity index (χ4n) is 2.23. The van der Waals surface area contributed by atoms with Gasteiger partial charge in [-0.3, -0.25) is 14.7 Å². The Hall–Kier alpha value is -2.67. The standard InChI is InChI=1S/C16H15N3O3S/c1-23-14-9-5-2-6-11(14)10-17-16(21)22-19-15(20)12-7-3-4-8-13(12)18-19/h2-9,18H,10H2,1H3,(H,17,21). The van der Waals surface area contributed by atoms with E-state index in [0.717, 1.165) is 15.3 Å². The summed E-state index contributed by atoms with van der Waals surface area (Å²) in [6, 6.07) is 14.7. The van der Waals surface area contributed by atoms with Gasteiger partial charge in [0.2, 0.25) is 0 Å². The van der Waals surface area contributed by atoms with Gasteiger partial charge >= 0.3 is 11.7 Å². The number of carbonyl (C=O) groups excluding carboxylic acids is 1. The number of thioether (sulfide) groups is 1. The van der Waals surface area contributed by atoms with Crippen molar-refractivity contribution in [3.63, 3.8) is 0 Å². The van der Waals surface area contributed by atoms with E-state index in [-0.39, 0.29) is 0 Å². The molecular formula is C16H15N3O3S. The molecule has 6 nitrogen and oxygen atoms in total. The van der Waals surface area contributed by atoms with E-state index in [1.165, 1.54) is 0 Å². The van der Waals surface area contributed by atoms with Gasteiger partial charge in [0.25, 0.3) is 0 Å². The topological polar surface area (TPSA) is 76.1 Å². The van der Waals surface area contributed by atoms with Crippen LogP contribution in [0.3, 0.4) is 0 Å². The second kappa shape index (κ2) is 6.62. The quantitative estimate of drug-likeness (QED) is 0.721. The Morgan fingerprint density at radius 1 is 1.22 bits per heavy atom. The molecular weight excluding hydrogens is 314 g/mol. The van der Waals surface area contributed by atoms with Gasteiger partial charge in [-0.15, -0.1) is 11.8 Å². The van der Waals surface area contributed by atoms with Crippen LogP contribution in [0, 0.1) is 0 Å². The first-order valence-electron chi connectivity index (χ1n) is 6.97. The number of H-pyrrole nitrogens is 1. The minimum absolute atomic E-state index is 0.324. The molecule has 0 unspecified atom stereocenters. The lowest BCUT2D eigenvalue weighted by Gasteiger charge is -2.08. The normalized spacial score (nSPS) is 10.7.